The van der Waals surface area contributed by atoms with Gasteiger partial charge in [0.1, 0.15) is 0 Å². The molecule has 0 atom stereocenters. The predicted octanol–water partition coefficient (Wildman–Crippen LogP) is 1.97. The Morgan fingerprint density at radius 1 is 1.59 bits per heavy atom. The molecule has 1 heterocycles. The molecule has 1 amide bonds. The van der Waals surface area contributed by atoms with E-state index in [9.17, 15) is 4.79 Å². The molecule has 0 bridgehead atoms. The van der Waals surface area contributed by atoms with Gasteiger partial charge in [0.15, 0.2) is 0 Å². The van der Waals surface area contributed by atoms with Crippen molar-refractivity contribution >= 4 is 22.9 Å². The number of carbonyl (C=O) groups excluding carboxylic acids is 1. The Labute approximate surface area is 105 Å². The third kappa shape index (κ3) is 3.28. The molecule has 1 aromatic rings. The third-order valence-electron chi connectivity index (χ3n) is 3.04. The van der Waals surface area contributed by atoms with Crippen LogP contribution in [0.5, 0.6) is 0 Å². The molecule has 0 aliphatic heterocycles. The number of ether oxygens (including phenoxy) is 1. The molecule has 0 aromatic carbocycles. The zero-order valence-corrected chi connectivity index (χ0v) is 11.0. The summed E-state index contributed by atoms with van der Waals surface area (Å²) in [4.78, 5) is 12.2. The lowest BCUT2D eigenvalue weighted by Crippen LogP contribution is -2.44. The van der Waals surface area contributed by atoms with Gasteiger partial charge in [-0.15, -0.1) is 11.3 Å². The second-order valence-corrected chi connectivity index (χ2v) is 5.35. The van der Waals surface area contributed by atoms with Crippen molar-refractivity contribution < 1.29 is 9.53 Å². The lowest BCUT2D eigenvalue weighted by Gasteiger charge is -2.34. The summed E-state index contributed by atoms with van der Waals surface area (Å²) in [6, 6.07) is 2.49. The number of amides is 1. The molecule has 1 aliphatic rings. The molecule has 17 heavy (non-hydrogen) atoms. The van der Waals surface area contributed by atoms with E-state index in [0.29, 0.717) is 12.1 Å². The molecule has 0 saturated heterocycles. The molecule has 1 aliphatic carbocycles. The second-order valence-electron chi connectivity index (χ2n) is 4.35. The second kappa shape index (κ2) is 5.62. The number of hydrogen-bond acceptors (Lipinski definition) is 4. The van der Waals surface area contributed by atoms with Crippen LogP contribution in [0.3, 0.4) is 0 Å². The minimum absolute atomic E-state index is 0.0206. The maximum absolute atomic E-state index is 11.0. The van der Waals surface area contributed by atoms with Gasteiger partial charge in [0.05, 0.1) is 11.8 Å². The lowest BCUT2D eigenvalue weighted by atomic mass is 9.89. The standard InChI is InChI=1S/C12H18N2O2S/c1-8(15)14-11-3-4-17-12(11)7-13-9-5-10(6-9)16-2/h3-4,9-10,13H,5-7H2,1-2H3,(H,14,15). The van der Waals surface area contributed by atoms with E-state index in [2.05, 4.69) is 10.6 Å². The van der Waals surface area contributed by atoms with Crippen molar-refractivity contribution in [3.63, 3.8) is 0 Å². The van der Waals surface area contributed by atoms with Crippen LogP contribution >= 0.6 is 11.3 Å². The minimum Gasteiger partial charge on any atom is -0.381 e. The molecule has 5 heteroatoms. The van der Waals surface area contributed by atoms with Crippen molar-refractivity contribution in [2.24, 2.45) is 0 Å². The largest absolute Gasteiger partial charge is 0.381 e. The molecule has 1 fully saturated rings. The number of nitrogens with one attached hydrogen (secondary N) is 2. The fourth-order valence-electron chi connectivity index (χ4n) is 1.94. The molecule has 0 spiro atoms. The number of thiophene rings is 1. The van der Waals surface area contributed by atoms with E-state index in [1.807, 2.05) is 11.4 Å². The molecular weight excluding hydrogens is 236 g/mol. The topological polar surface area (TPSA) is 50.4 Å². The van der Waals surface area contributed by atoms with Gasteiger partial charge in [-0.3, -0.25) is 4.79 Å². The summed E-state index contributed by atoms with van der Waals surface area (Å²) >= 11 is 1.67. The van der Waals surface area contributed by atoms with Gasteiger partial charge in [-0.25, -0.2) is 0 Å². The summed E-state index contributed by atoms with van der Waals surface area (Å²) in [5, 5.41) is 8.32. The van der Waals surface area contributed by atoms with Crippen LogP contribution in [-0.4, -0.2) is 25.2 Å². The normalized spacial score (nSPS) is 23.2. The molecule has 94 valence electrons. The van der Waals surface area contributed by atoms with Crippen LogP contribution in [0, 0.1) is 0 Å². The Morgan fingerprint density at radius 2 is 2.35 bits per heavy atom. The fourth-order valence-corrected chi connectivity index (χ4v) is 2.72. The van der Waals surface area contributed by atoms with Gasteiger partial charge < -0.3 is 15.4 Å². The van der Waals surface area contributed by atoms with Crippen LogP contribution in [0.15, 0.2) is 11.4 Å². The Balaban J connectivity index is 1.79. The zero-order chi connectivity index (χ0) is 12.3. The summed E-state index contributed by atoms with van der Waals surface area (Å²) in [5.41, 5.74) is 0.928. The van der Waals surface area contributed by atoms with Crippen molar-refractivity contribution in [3.8, 4) is 0 Å². The quantitative estimate of drug-likeness (QED) is 0.844. The van der Waals surface area contributed by atoms with Crippen molar-refractivity contribution in [1.29, 1.82) is 0 Å². The third-order valence-corrected chi connectivity index (χ3v) is 3.96. The van der Waals surface area contributed by atoms with Crippen LogP contribution in [0.4, 0.5) is 5.69 Å². The average Bonchev–Trinajstić information content (AvgIpc) is 2.63. The average molecular weight is 254 g/mol. The van der Waals surface area contributed by atoms with Crippen molar-refractivity contribution in [3.05, 3.63) is 16.3 Å². The maximum atomic E-state index is 11.0. The number of anilines is 1. The first-order valence-electron chi connectivity index (χ1n) is 5.79. The SMILES string of the molecule is COC1CC(NCc2sccc2NC(C)=O)C1. The highest BCUT2D eigenvalue weighted by atomic mass is 32.1. The van der Waals surface area contributed by atoms with Gasteiger partial charge in [0.25, 0.3) is 0 Å². The van der Waals surface area contributed by atoms with Gasteiger partial charge in [0, 0.05) is 31.5 Å². The van der Waals surface area contributed by atoms with Gasteiger partial charge in [-0.05, 0) is 24.3 Å². The first-order valence-corrected chi connectivity index (χ1v) is 6.67. The van der Waals surface area contributed by atoms with Crippen molar-refractivity contribution in [1.82, 2.24) is 5.32 Å². The maximum Gasteiger partial charge on any atom is 0.221 e. The van der Waals surface area contributed by atoms with Crippen LogP contribution in [-0.2, 0) is 16.1 Å². The van der Waals surface area contributed by atoms with Gasteiger partial charge in [-0.2, -0.15) is 0 Å². The molecule has 0 radical (unpaired) electrons. The number of rotatable bonds is 5. The van der Waals surface area contributed by atoms with E-state index in [1.165, 1.54) is 11.8 Å². The van der Waals surface area contributed by atoms with Gasteiger partial charge in [-0.1, -0.05) is 0 Å². The smallest absolute Gasteiger partial charge is 0.221 e. The fraction of sp³-hybridized carbons (Fsp3) is 0.583. The van der Waals surface area contributed by atoms with Crippen LogP contribution in [0.2, 0.25) is 0 Å². The van der Waals surface area contributed by atoms with E-state index in [4.69, 9.17) is 4.74 Å². The van der Waals surface area contributed by atoms with Crippen molar-refractivity contribution in [2.75, 3.05) is 12.4 Å². The molecule has 4 nitrogen and oxygen atoms in total. The number of carbonyl (C=O) groups is 1. The first-order chi connectivity index (χ1) is 8.19. The summed E-state index contributed by atoms with van der Waals surface area (Å²) in [7, 11) is 1.76. The zero-order valence-electron chi connectivity index (χ0n) is 10.2. The molecule has 2 N–H and O–H groups in total. The number of hydrogen-bond donors (Lipinski definition) is 2. The Morgan fingerprint density at radius 3 is 3.00 bits per heavy atom. The van der Waals surface area contributed by atoms with Gasteiger partial charge in [0.2, 0.25) is 5.91 Å². The van der Waals surface area contributed by atoms with E-state index in [1.54, 1.807) is 18.4 Å². The molecule has 2 rings (SSSR count). The summed E-state index contributed by atoms with van der Waals surface area (Å²) in [5.74, 6) is -0.0206. The Hall–Kier alpha value is -0.910. The number of methoxy groups -OCH3 is 1. The van der Waals surface area contributed by atoms with E-state index < -0.39 is 0 Å². The molecular formula is C12H18N2O2S. The van der Waals surface area contributed by atoms with Crippen molar-refractivity contribution in [2.45, 2.75) is 38.5 Å². The Bertz CT molecular complexity index is 386. The van der Waals surface area contributed by atoms with E-state index >= 15 is 0 Å². The molecule has 0 unspecified atom stereocenters. The molecule has 1 saturated carbocycles. The van der Waals surface area contributed by atoms with Crippen LogP contribution in [0.1, 0.15) is 24.6 Å². The summed E-state index contributed by atoms with van der Waals surface area (Å²) in [6.07, 6.45) is 2.58. The highest BCUT2D eigenvalue weighted by Crippen LogP contribution is 2.26. The van der Waals surface area contributed by atoms with Crippen LogP contribution < -0.4 is 10.6 Å². The van der Waals surface area contributed by atoms with E-state index in [0.717, 1.165) is 25.1 Å². The Kier molecular flexibility index (Phi) is 4.15. The van der Waals surface area contributed by atoms with Crippen LogP contribution in [0.25, 0.3) is 0 Å². The summed E-state index contributed by atoms with van der Waals surface area (Å²) < 4.78 is 5.24. The monoisotopic (exact) mass is 254 g/mol. The van der Waals surface area contributed by atoms with E-state index in [-0.39, 0.29) is 5.91 Å². The lowest BCUT2D eigenvalue weighted by molar-refractivity contribution is -0.114. The highest BCUT2D eigenvalue weighted by molar-refractivity contribution is 7.10. The molecule has 1 aromatic heterocycles. The highest BCUT2D eigenvalue weighted by Gasteiger charge is 2.28. The van der Waals surface area contributed by atoms with Gasteiger partial charge >= 0.3 is 0 Å². The first kappa shape index (κ1) is 12.5. The minimum atomic E-state index is -0.0206. The summed E-state index contributed by atoms with van der Waals surface area (Å²) in [6.45, 7) is 2.35. The predicted molar refractivity (Wildman–Crippen MR) is 69.3 cm³/mol.